The number of aryl methyl sites for hydroxylation is 1. The summed E-state index contributed by atoms with van der Waals surface area (Å²) < 4.78 is 0. The van der Waals surface area contributed by atoms with Crippen LogP contribution in [0.2, 0.25) is 0 Å². The van der Waals surface area contributed by atoms with Gasteiger partial charge in [0, 0.05) is 5.69 Å². The van der Waals surface area contributed by atoms with E-state index in [2.05, 4.69) is 10.3 Å². The lowest BCUT2D eigenvalue weighted by atomic mass is 9.82. The second kappa shape index (κ2) is 5.06. The highest BCUT2D eigenvalue weighted by Gasteiger charge is 2.35. The Hall–Kier alpha value is -1.42. The van der Waals surface area contributed by atoms with Crippen molar-refractivity contribution in [1.29, 1.82) is 0 Å². The summed E-state index contributed by atoms with van der Waals surface area (Å²) in [6, 6.07) is 5.19. The van der Waals surface area contributed by atoms with Crippen molar-refractivity contribution < 1.29 is 9.90 Å². The number of hydrogen-bond acceptors (Lipinski definition) is 3. The summed E-state index contributed by atoms with van der Waals surface area (Å²) in [4.78, 5) is 16.3. The molecule has 2 rings (SSSR count). The van der Waals surface area contributed by atoms with Gasteiger partial charge in [-0.2, -0.15) is 0 Å². The number of nitrogens with zero attached hydrogens (tertiary/aromatic N) is 1. The average molecular weight is 248 g/mol. The van der Waals surface area contributed by atoms with Gasteiger partial charge in [-0.25, -0.2) is 4.98 Å². The molecule has 0 spiro atoms. The molecule has 0 saturated heterocycles. The monoisotopic (exact) mass is 248 g/mol. The molecule has 1 saturated carbocycles. The van der Waals surface area contributed by atoms with Crippen LogP contribution in [0.4, 0.5) is 0 Å². The average Bonchev–Trinajstić information content (AvgIpc) is 2.31. The molecule has 1 aliphatic carbocycles. The lowest BCUT2D eigenvalue weighted by molar-refractivity contribution is -0.00868. The maximum atomic E-state index is 12.1. The molecule has 4 nitrogen and oxygen atoms in total. The van der Waals surface area contributed by atoms with Gasteiger partial charge in [0.1, 0.15) is 5.69 Å². The van der Waals surface area contributed by atoms with Crippen molar-refractivity contribution in [2.75, 3.05) is 0 Å². The molecule has 0 bridgehead atoms. The van der Waals surface area contributed by atoms with Crippen molar-refractivity contribution >= 4 is 5.91 Å². The van der Waals surface area contributed by atoms with Crippen LogP contribution in [0, 0.1) is 6.92 Å². The lowest BCUT2D eigenvalue weighted by Crippen LogP contribution is -2.52. The van der Waals surface area contributed by atoms with Gasteiger partial charge in [-0.15, -0.1) is 0 Å². The molecule has 98 valence electrons. The van der Waals surface area contributed by atoms with Gasteiger partial charge in [-0.3, -0.25) is 4.79 Å². The van der Waals surface area contributed by atoms with Crippen LogP contribution in [0.25, 0.3) is 0 Å². The van der Waals surface area contributed by atoms with E-state index in [0.29, 0.717) is 5.69 Å². The van der Waals surface area contributed by atoms with Crippen molar-refractivity contribution in [1.82, 2.24) is 10.3 Å². The fourth-order valence-corrected chi connectivity index (χ4v) is 2.45. The number of nitrogens with one attached hydrogen (secondary N) is 1. The SMILES string of the molecule is Cc1cccc(C(=O)N[C@H]2CCCCC2(C)O)n1. The van der Waals surface area contributed by atoms with Crippen LogP contribution in [0.15, 0.2) is 18.2 Å². The Morgan fingerprint density at radius 2 is 2.28 bits per heavy atom. The van der Waals surface area contributed by atoms with Crippen LogP contribution in [0.1, 0.15) is 48.8 Å². The third-order valence-electron chi connectivity index (χ3n) is 3.60. The molecule has 1 unspecified atom stereocenters. The number of carbonyl (C=O) groups excluding carboxylic acids is 1. The standard InChI is InChI=1S/C14H20N2O2/c1-10-6-5-7-11(15-10)13(17)16-12-8-3-4-9-14(12,2)18/h5-7,12,18H,3-4,8-9H2,1-2H3,(H,16,17)/t12-,14?/m0/s1. The zero-order valence-corrected chi connectivity index (χ0v) is 10.9. The summed E-state index contributed by atoms with van der Waals surface area (Å²) in [6.45, 7) is 3.65. The molecule has 1 fully saturated rings. The highest BCUT2D eigenvalue weighted by atomic mass is 16.3. The topological polar surface area (TPSA) is 62.2 Å². The van der Waals surface area contributed by atoms with Crippen molar-refractivity contribution in [3.05, 3.63) is 29.6 Å². The Balaban J connectivity index is 2.07. The minimum Gasteiger partial charge on any atom is -0.388 e. The minimum absolute atomic E-state index is 0.180. The van der Waals surface area contributed by atoms with Crippen LogP contribution in [0.3, 0.4) is 0 Å². The van der Waals surface area contributed by atoms with Crippen LogP contribution >= 0.6 is 0 Å². The van der Waals surface area contributed by atoms with Gasteiger partial charge in [0.15, 0.2) is 0 Å². The van der Waals surface area contributed by atoms with Crippen LogP contribution < -0.4 is 5.32 Å². The van der Waals surface area contributed by atoms with Gasteiger partial charge < -0.3 is 10.4 Å². The van der Waals surface area contributed by atoms with Gasteiger partial charge in [0.05, 0.1) is 11.6 Å². The van der Waals surface area contributed by atoms with E-state index in [-0.39, 0.29) is 11.9 Å². The number of pyridine rings is 1. The maximum Gasteiger partial charge on any atom is 0.270 e. The van der Waals surface area contributed by atoms with E-state index in [1.807, 2.05) is 19.1 Å². The highest BCUT2D eigenvalue weighted by molar-refractivity contribution is 5.92. The number of aliphatic hydroxyl groups is 1. The molecule has 18 heavy (non-hydrogen) atoms. The Morgan fingerprint density at radius 1 is 1.50 bits per heavy atom. The molecule has 1 aromatic rings. The Morgan fingerprint density at radius 3 is 2.94 bits per heavy atom. The van der Waals surface area contributed by atoms with Gasteiger partial charge in [0.2, 0.25) is 0 Å². The first-order valence-corrected chi connectivity index (χ1v) is 6.46. The Kier molecular flexibility index (Phi) is 3.66. The first-order valence-electron chi connectivity index (χ1n) is 6.46. The smallest absolute Gasteiger partial charge is 0.270 e. The van der Waals surface area contributed by atoms with Gasteiger partial charge in [-0.1, -0.05) is 18.9 Å². The molecule has 0 radical (unpaired) electrons. The fraction of sp³-hybridized carbons (Fsp3) is 0.571. The molecule has 1 amide bonds. The van der Waals surface area contributed by atoms with E-state index in [1.54, 1.807) is 13.0 Å². The van der Waals surface area contributed by atoms with E-state index < -0.39 is 5.60 Å². The molecule has 1 aromatic heterocycles. The zero-order chi connectivity index (χ0) is 13.2. The normalized spacial score (nSPS) is 27.8. The summed E-state index contributed by atoms with van der Waals surface area (Å²) in [5.74, 6) is -0.203. The van der Waals surface area contributed by atoms with Crippen LogP contribution in [-0.2, 0) is 0 Å². The maximum absolute atomic E-state index is 12.1. The van der Waals surface area contributed by atoms with E-state index in [1.165, 1.54) is 0 Å². The number of carbonyl (C=O) groups is 1. The van der Waals surface area contributed by atoms with Gasteiger partial charge in [-0.05, 0) is 38.8 Å². The van der Waals surface area contributed by atoms with Crippen LogP contribution in [0.5, 0.6) is 0 Å². The lowest BCUT2D eigenvalue weighted by Gasteiger charge is -2.37. The molecular weight excluding hydrogens is 228 g/mol. The quantitative estimate of drug-likeness (QED) is 0.839. The molecule has 0 aromatic carbocycles. The predicted molar refractivity (Wildman–Crippen MR) is 69.3 cm³/mol. The number of amides is 1. The molecule has 4 heteroatoms. The summed E-state index contributed by atoms with van der Waals surface area (Å²) in [7, 11) is 0. The minimum atomic E-state index is -0.808. The van der Waals surface area contributed by atoms with E-state index in [4.69, 9.17) is 0 Å². The molecule has 0 aliphatic heterocycles. The number of hydrogen-bond donors (Lipinski definition) is 2. The summed E-state index contributed by atoms with van der Waals surface area (Å²) in [5.41, 5.74) is 0.423. The van der Waals surface area contributed by atoms with Crippen molar-refractivity contribution in [2.24, 2.45) is 0 Å². The van der Waals surface area contributed by atoms with Crippen molar-refractivity contribution in [3.8, 4) is 0 Å². The largest absolute Gasteiger partial charge is 0.388 e. The van der Waals surface area contributed by atoms with Crippen molar-refractivity contribution in [2.45, 2.75) is 51.2 Å². The van der Waals surface area contributed by atoms with E-state index in [0.717, 1.165) is 31.4 Å². The Bertz CT molecular complexity index is 443. The van der Waals surface area contributed by atoms with E-state index >= 15 is 0 Å². The molecule has 1 heterocycles. The summed E-state index contributed by atoms with van der Waals surface area (Å²) in [5, 5.41) is 13.2. The van der Waals surface area contributed by atoms with Crippen LogP contribution in [-0.4, -0.2) is 27.6 Å². The van der Waals surface area contributed by atoms with Gasteiger partial charge >= 0.3 is 0 Å². The third kappa shape index (κ3) is 2.88. The molecule has 2 N–H and O–H groups in total. The molecule has 1 aliphatic rings. The number of aromatic nitrogens is 1. The number of rotatable bonds is 2. The second-order valence-corrected chi connectivity index (χ2v) is 5.29. The van der Waals surface area contributed by atoms with Crippen molar-refractivity contribution in [3.63, 3.8) is 0 Å². The Labute approximate surface area is 107 Å². The van der Waals surface area contributed by atoms with Gasteiger partial charge in [0.25, 0.3) is 5.91 Å². The molecule has 2 atom stereocenters. The zero-order valence-electron chi connectivity index (χ0n) is 10.9. The predicted octanol–water partition coefficient (Wildman–Crippen LogP) is 1.81. The second-order valence-electron chi connectivity index (χ2n) is 5.29. The fourth-order valence-electron chi connectivity index (χ4n) is 2.45. The first kappa shape index (κ1) is 13.0. The summed E-state index contributed by atoms with van der Waals surface area (Å²) in [6.07, 6.45) is 3.62. The highest BCUT2D eigenvalue weighted by Crippen LogP contribution is 2.28. The third-order valence-corrected chi connectivity index (χ3v) is 3.60. The molecular formula is C14H20N2O2. The summed E-state index contributed by atoms with van der Waals surface area (Å²) >= 11 is 0. The van der Waals surface area contributed by atoms with E-state index in [9.17, 15) is 9.90 Å². The first-order chi connectivity index (χ1) is 8.49.